The van der Waals surface area contributed by atoms with Crippen molar-refractivity contribution in [3.63, 3.8) is 0 Å². The van der Waals surface area contributed by atoms with E-state index in [-0.39, 0.29) is 0 Å². The van der Waals surface area contributed by atoms with E-state index in [0.717, 1.165) is 5.92 Å². The lowest BCUT2D eigenvalue weighted by Crippen LogP contribution is -1.89. The molecule has 0 radical (unpaired) electrons. The highest BCUT2D eigenvalue weighted by molar-refractivity contribution is 14.2. The first kappa shape index (κ1) is 11.2. The van der Waals surface area contributed by atoms with E-state index < -0.39 is 0 Å². The van der Waals surface area contributed by atoms with Gasteiger partial charge in [-0.25, -0.2) is 0 Å². The van der Waals surface area contributed by atoms with Gasteiger partial charge in [-0.15, -0.1) is 0 Å². The predicted octanol–water partition coefficient (Wildman–Crippen LogP) is 4.27. The molecule has 0 aromatic heterocycles. The number of hydrogen-bond acceptors (Lipinski definition) is 0. The van der Waals surface area contributed by atoms with Crippen molar-refractivity contribution in [3.05, 3.63) is 0 Å². The van der Waals surface area contributed by atoms with Crippen LogP contribution in [0.2, 0.25) is 0 Å². The Morgan fingerprint density at radius 1 is 1.40 bits per heavy atom. The summed E-state index contributed by atoms with van der Waals surface area (Å²) in [5, 5.41) is 0. The smallest absolute Gasteiger partial charge is 0.0235 e. The van der Waals surface area contributed by atoms with Crippen molar-refractivity contribution in [2.75, 3.05) is 12.3 Å². The fourth-order valence-corrected chi connectivity index (χ4v) is 2.69. The van der Waals surface area contributed by atoms with Crippen molar-refractivity contribution >= 4 is 27.6 Å². The van der Waals surface area contributed by atoms with Gasteiger partial charge < -0.3 is 0 Å². The molecule has 0 aliphatic rings. The Bertz CT molecular complexity index is 73.7. The molecule has 2 heteroatoms. The van der Waals surface area contributed by atoms with Crippen LogP contribution < -0.4 is 0 Å². The highest BCUT2D eigenvalue weighted by Crippen LogP contribution is 2.45. The van der Waals surface area contributed by atoms with E-state index in [1.807, 2.05) is 0 Å². The van der Waals surface area contributed by atoms with Gasteiger partial charge in [0.2, 0.25) is 0 Å². The summed E-state index contributed by atoms with van der Waals surface area (Å²) in [5.41, 5.74) is 0.361. The molecule has 0 fully saturated rings. The molecule has 0 N–H and O–H groups in total. The largest absolute Gasteiger partial charge is 0.0628 e. The topological polar surface area (TPSA) is 0 Å². The van der Waals surface area contributed by atoms with Crippen LogP contribution in [0, 0.1) is 5.92 Å². The van der Waals surface area contributed by atoms with Crippen molar-refractivity contribution in [1.82, 2.24) is 0 Å². The normalized spacial score (nSPS) is 14.1. The van der Waals surface area contributed by atoms with E-state index in [4.69, 9.17) is 0 Å². The molecular weight excluding hydrogens is 254 g/mol. The zero-order chi connectivity index (χ0) is 7.98. The van der Waals surface area contributed by atoms with Crippen LogP contribution in [-0.4, -0.2) is 12.3 Å². The molecule has 0 aromatic carbocycles. The molecule has 62 valence electrons. The molecule has 0 bridgehead atoms. The number of hydrogen-bond donors (Lipinski definition) is 0. The Morgan fingerprint density at radius 3 is 2.40 bits per heavy atom. The average Bonchev–Trinajstić information content (AvgIpc) is 1.87. The van der Waals surface area contributed by atoms with Crippen LogP contribution in [0.5, 0.6) is 0 Å². The first-order valence-electron chi connectivity index (χ1n) is 4.07. The summed E-state index contributed by atoms with van der Waals surface area (Å²) in [6.07, 6.45) is 5.74. The second kappa shape index (κ2) is 6.84. The Morgan fingerprint density at radius 2 is 2.00 bits per heavy atom. The van der Waals surface area contributed by atoms with Gasteiger partial charge in [-0.05, 0) is 30.2 Å². The fraction of sp³-hybridized carbons (Fsp3) is 1.00. The maximum atomic E-state index is 2.62. The molecule has 0 rings (SSSR count). The van der Waals surface area contributed by atoms with Crippen LogP contribution in [0.3, 0.4) is 0 Å². The third-order valence-corrected chi connectivity index (χ3v) is 6.51. The zero-order valence-corrected chi connectivity index (χ0v) is 10.3. The second-order valence-corrected chi connectivity index (χ2v) is 9.14. The van der Waals surface area contributed by atoms with Crippen LogP contribution in [0.1, 0.15) is 33.6 Å². The second-order valence-electron chi connectivity index (χ2n) is 3.04. The van der Waals surface area contributed by atoms with Gasteiger partial charge in [0.25, 0.3) is 0 Å². The molecule has 0 nitrogen and oxygen atoms in total. The van der Waals surface area contributed by atoms with E-state index in [9.17, 15) is 0 Å². The van der Waals surface area contributed by atoms with Gasteiger partial charge in [0.15, 0.2) is 0 Å². The summed E-state index contributed by atoms with van der Waals surface area (Å²) in [4.78, 5) is 0. The molecule has 10 heavy (non-hydrogen) atoms. The van der Waals surface area contributed by atoms with E-state index >= 15 is 0 Å². The first-order chi connectivity index (χ1) is 4.66. The Kier molecular flexibility index (Phi) is 7.64. The van der Waals surface area contributed by atoms with E-state index in [2.05, 4.69) is 42.8 Å². The first-order valence-corrected chi connectivity index (χ1v) is 8.57. The Hall–Kier alpha value is 1.16. The molecule has 0 amide bonds. The summed E-state index contributed by atoms with van der Waals surface area (Å²) in [6.45, 7) is 6.91. The molecule has 0 saturated heterocycles. The maximum absolute atomic E-state index is 2.62. The monoisotopic (exact) mass is 272 g/mol. The van der Waals surface area contributed by atoms with Crippen molar-refractivity contribution in [3.8, 4) is 0 Å². The molecule has 0 aliphatic heterocycles. The predicted molar refractivity (Wildman–Crippen MR) is 60.4 cm³/mol. The SMILES string of the molecule is CCP(I)CCCC(C)C. The van der Waals surface area contributed by atoms with Gasteiger partial charge in [0.05, 0.1) is 0 Å². The maximum Gasteiger partial charge on any atom is -0.0235 e. The third kappa shape index (κ3) is 7.27. The highest BCUT2D eigenvalue weighted by Gasteiger charge is 2.00. The van der Waals surface area contributed by atoms with Crippen LogP contribution >= 0.6 is 27.6 Å². The molecule has 0 aliphatic carbocycles. The fourth-order valence-electron chi connectivity index (χ4n) is 0.829. The van der Waals surface area contributed by atoms with Gasteiger partial charge in [-0.1, -0.05) is 49.2 Å². The number of halogens is 1. The molecule has 1 atom stereocenters. The van der Waals surface area contributed by atoms with E-state index in [1.165, 1.54) is 25.2 Å². The minimum Gasteiger partial charge on any atom is -0.0628 e. The minimum atomic E-state index is 0.361. The lowest BCUT2D eigenvalue weighted by Gasteiger charge is -2.07. The third-order valence-electron chi connectivity index (χ3n) is 1.53. The molecule has 0 heterocycles. The standard InChI is InChI=1S/C8H18IP/c1-4-10(9)7-5-6-8(2)3/h8H,4-7H2,1-3H3. The summed E-state index contributed by atoms with van der Waals surface area (Å²) < 4.78 is 0. The highest BCUT2D eigenvalue weighted by atomic mass is 127. The van der Waals surface area contributed by atoms with Gasteiger partial charge >= 0.3 is 0 Å². The summed E-state index contributed by atoms with van der Waals surface area (Å²) in [5.74, 6) is 0.900. The van der Waals surface area contributed by atoms with Crippen LogP contribution in [0.4, 0.5) is 0 Å². The molecule has 0 spiro atoms. The molecular formula is C8H18IP. The Labute approximate surface area is 79.4 Å². The van der Waals surface area contributed by atoms with Crippen molar-refractivity contribution in [2.24, 2.45) is 5.92 Å². The average molecular weight is 272 g/mol. The van der Waals surface area contributed by atoms with Gasteiger partial charge in [0, 0.05) is 0 Å². The quantitative estimate of drug-likeness (QED) is 0.517. The van der Waals surface area contributed by atoms with E-state index in [0.29, 0.717) is 5.56 Å². The minimum absolute atomic E-state index is 0.361. The molecule has 1 unspecified atom stereocenters. The van der Waals surface area contributed by atoms with Gasteiger partial charge in [-0.3, -0.25) is 0 Å². The lowest BCUT2D eigenvalue weighted by atomic mass is 10.1. The van der Waals surface area contributed by atoms with Crippen LogP contribution in [-0.2, 0) is 0 Å². The Balaban J connectivity index is 3.03. The van der Waals surface area contributed by atoms with Gasteiger partial charge in [0.1, 0.15) is 0 Å². The van der Waals surface area contributed by atoms with E-state index in [1.54, 1.807) is 0 Å². The van der Waals surface area contributed by atoms with Crippen LogP contribution in [0.25, 0.3) is 0 Å². The van der Waals surface area contributed by atoms with Crippen LogP contribution in [0.15, 0.2) is 0 Å². The zero-order valence-electron chi connectivity index (χ0n) is 7.23. The van der Waals surface area contributed by atoms with Crippen molar-refractivity contribution < 1.29 is 0 Å². The van der Waals surface area contributed by atoms with Crippen molar-refractivity contribution in [2.45, 2.75) is 33.6 Å². The summed E-state index contributed by atoms with van der Waals surface area (Å²) in [7, 11) is 0. The lowest BCUT2D eigenvalue weighted by molar-refractivity contribution is 0.578. The van der Waals surface area contributed by atoms with Gasteiger partial charge in [-0.2, -0.15) is 0 Å². The molecule has 0 saturated carbocycles. The summed E-state index contributed by atoms with van der Waals surface area (Å²) in [6, 6.07) is 0. The van der Waals surface area contributed by atoms with Crippen molar-refractivity contribution in [1.29, 1.82) is 0 Å². The summed E-state index contributed by atoms with van der Waals surface area (Å²) >= 11 is 2.62. The molecule has 0 aromatic rings. The number of rotatable bonds is 5.